The average Bonchev–Trinajstić information content (AvgIpc) is 1.90. The predicted molar refractivity (Wildman–Crippen MR) is 37.0 cm³/mol. The van der Waals surface area contributed by atoms with E-state index in [4.69, 9.17) is 11.6 Å². The first-order valence-electron chi connectivity index (χ1n) is 3.21. The molecule has 0 nitrogen and oxygen atoms in total. The van der Waals surface area contributed by atoms with Crippen LogP contribution in [0.5, 0.6) is 0 Å². The number of rotatable bonds is 0. The third-order valence-corrected chi connectivity index (χ3v) is 1.96. The number of allylic oxidation sites excluding steroid dienone is 1. The van der Waals surface area contributed by atoms with Gasteiger partial charge in [0.25, 0.3) is 0 Å². The molecule has 0 spiro atoms. The first-order chi connectivity index (χ1) is 3.93. The van der Waals surface area contributed by atoms with E-state index in [0.717, 1.165) is 0 Å². The van der Waals surface area contributed by atoms with Crippen LogP contribution in [-0.2, 0) is 0 Å². The highest BCUT2D eigenvalue weighted by atomic mass is 35.5. The Kier molecular flexibility index (Phi) is 2.41. The van der Waals surface area contributed by atoms with Crippen molar-refractivity contribution in [1.82, 2.24) is 0 Å². The van der Waals surface area contributed by atoms with E-state index in [0.29, 0.717) is 0 Å². The van der Waals surface area contributed by atoms with Gasteiger partial charge in [0, 0.05) is 5.54 Å². The molecule has 1 aliphatic carbocycles. The van der Waals surface area contributed by atoms with E-state index in [9.17, 15) is 0 Å². The Hall–Kier alpha value is 0.0300. The zero-order chi connectivity index (χ0) is 5.82. The van der Waals surface area contributed by atoms with Gasteiger partial charge in [-0.1, -0.05) is 23.6 Å². The maximum Gasteiger partial charge on any atom is 0.00344 e. The van der Waals surface area contributed by atoms with Gasteiger partial charge in [0.05, 0.1) is 0 Å². The van der Waals surface area contributed by atoms with Crippen molar-refractivity contribution in [1.29, 1.82) is 0 Å². The molecule has 0 aliphatic heterocycles. The van der Waals surface area contributed by atoms with Gasteiger partial charge in [0.2, 0.25) is 0 Å². The molecule has 0 heterocycles. The molecule has 0 unspecified atom stereocenters. The van der Waals surface area contributed by atoms with E-state index in [2.05, 4.69) is 0 Å². The van der Waals surface area contributed by atoms with Crippen LogP contribution < -0.4 is 0 Å². The minimum atomic E-state index is 1.24. The van der Waals surface area contributed by atoms with E-state index in [-0.39, 0.29) is 0 Å². The smallest absolute Gasteiger partial charge is 0.00344 e. The lowest BCUT2D eigenvalue weighted by atomic mass is 9.97. The molecule has 0 atom stereocenters. The van der Waals surface area contributed by atoms with Gasteiger partial charge in [-0.2, -0.15) is 0 Å². The number of hydrogen-bond acceptors (Lipinski definition) is 0. The summed E-state index contributed by atoms with van der Waals surface area (Å²) in [6.07, 6.45) is 6.57. The average molecular weight is 131 g/mol. The van der Waals surface area contributed by atoms with Gasteiger partial charge in [-0.15, -0.1) is 0 Å². The van der Waals surface area contributed by atoms with E-state index in [1.54, 1.807) is 5.54 Å². The quantitative estimate of drug-likeness (QED) is 0.473. The Morgan fingerprint density at radius 3 is 2.12 bits per heavy atom. The molecule has 0 N–H and O–H groups in total. The Balaban J connectivity index is 2.33. The Labute approximate surface area is 55.5 Å². The molecule has 0 aromatic heterocycles. The van der Waals surface area contributed by atoms with Crippen molar-refractivity contribution in [3.8, 4) is 0 Å². The largest absolute Gasteiger partial charge is 0.0930 e. The molecule has 0 amide bonds. The molecule has 0 bridgehead atoms. The van der Waals surface area contributed by atoms with Crippen molar-refractivity contribution < 1.29 is 0 Å². The third-order valence-electron chi connectivity index (χ3n) is 1.65. The highest BCUT2D eigenvalue weighted by Gasteiger charge is 2.02. The second kappa shape index (κ2) is 3.13. The van der Waals surface area contributed by atoms with E-state index >= 15 is 0 Å². The van der Waals surface area contributed by atoms with Gasteiger partial charge < -0.3 is 0 Å². The van der Waals surface area contributed by atoms with Gasteiger partial charge in [-0.25, -0.2) is 0 Å². The summed E-state index contributed by atoms with van der Waals surface area (Å²) in [5.74, 6) is 0. The number of halogens is 1. The van der Waals surface area contributed by atoms with Crippen LogP contribution in [0, 0.1) is 0 Å². The minimum Gasteiger partial charge on any atom is -0.0930 e. The van der Waals surface area contributed by atoms with E-state index < -0.39 is 0 Å². The van der Waals surface area contributed by atoms with Crippen molar-refractivity contribution in [3.05, 3.63) is 11.1 Å². The Bertz CT molecular complexity index is 86.6. The highest BCUT2D eigenvalue weighted by molar-refractivity contribution is 6.25. The second-order valence-electron chi connectivity index (χ2n) is 2.33. The first kappa shape index (κ1) is 6.15. The molecule has 46 valence electrons. The van der Waals surface area contributed by atoms with E-state index in [1.165, 1.54) is 37.7 Å². The summed E-state index contributed by atoms with van der Waals surface area (Å²) < 4.78 is 0. The maximum absolute atomic E-state index is 5.52. The van der Waals surface area contributed by atoms with Gasteiger partial charge >= 0.3 is 0 Å². The van der Waals surface area contributed by atoms with Crippen LogP contribution in [0.25, 0.3) is 0 Å². The Morgan fingerprint density at radius 2 is 1.75 bits per heavy atom. The van der Waals surface area contributed by atoms with Crippen LogP contribution in [0.15, 0.2) is 11.1 Å². The van der Waals surface area contributed by atoms with Gasteiger partial charge in [0.15, 0.2) is 0 Å². The summed E-state index contributed by atoms with van der Waals surface area (Å²) >= 11 is 5.52. The fourth-order valence-electron chi connectivity index (χ4n) is 1.12. The van der Waals surface area contributed by atoms with Crippen LogP contribution in [0.1, 0.15) is 32.1 Å². The third kappa shape index (κ3) is 1.52. The van der Waals surface area contributed by atoms with Crippen LogP contribution in [0.4, 0.5) is 0 Å². The molecule has 1 rings (SSSR count). The monoisotopic (exact) mass is 130 g/mol. The minimum absolute atomic E-state index is 1.24. The molecule has 0 radical (unpaired) electrons. The van der Waals surface area contributed by atoms with Crippen LogP contribution in [0.2, 0.25) is 0 Å². The van der Waals surface area contributed by atoms with Crippen molar-refractivity contribution >= 4 is 11.6 Å². The van der Waals surface area contributed by atoms with Crippen LogP contribution in [-0.4, -0.2) is 0 Å². The predicted octanol–water partition coefficient (Wildman–Crippen LogP) is 3.07. The summed E-state index contributed by atoms with van der Waals surface area (Å²) in [7, 11) is 0. The highest BCUT2D eigenvalue weighted by Crippen LogP contribution is 2.22. The van der Waals surface area contributed by atoms with Gasteiger partial charge in [-0.05, 0) is 25.7 Å². The first-order valence-corrected chi connectivity index (χ1v) is 3.65. The maximum atomic E-state index is 5.52. The summed E-state index contributed by atoms with van der Waals surface area (Å²) in [5, 5.41) is 0. The van der Waals surface area contributed by atoms with Crippen molar-refractivity contribution in [2.75, 3.05) is 0 Å². The molecule has 1 fully saturated rings. The zero-order valence-electron chi connectivity index (χ0n) is 4.99. The second-order valence-corrected chi connectivity index (χ2v) is 2.55. The van der Waals surface area contributed by atoms with Crippen molar-refractivity contribution in [3.63, 3.8) is 0 Å². The summed E-state index contributed by atoms with van der Waals surface area (Å²) in [5.41, 5.74) is 3.19. The summed E-state index contributed by atoms with van der Waals surface area (Å²) in [4.78, 5) is 0. The van der Waals surface area contributed by atoms with Gasteiger partial charge in [0.1, 0.15) is 0 Å². The molecule has 0 aromatic carbocycles. The van der Waals surface area contributed by atoms with Crippen molar-refractivity contribution in [2.45, 2.75) is 32.1 Å². The molecular weight excluding hydrogens is 120 g/mol. The normalized spacial score (nSPS) is 20.9. The van der Waals surface area contributed by atoms with Crippen molar-refractivity contribution in [2.24, 2.45) is 0 Å². The summed E-state index contributed by atoms with van der Waals surface area (Å²) in [6, 6.07) is 0. The lowest BCUT2D eigenvalue weighted by Crippen LogP contribution is -1.91. The molecule has 0 aromatic rings. The fraction of sp³-hybridized carbons (Fsp3) is 0.714. The Morgan fingerprint density at radius 1 is 1.12 bits per heavy atom. The van der Waals surface area contributed by atoms with E-state index in [1.807, 2.05) is 0 Å². The molecule has 1 saturated carbocycles. The molecule has 8 heavy (non-hydrogen) atoms. The van der Waals surface area contributed by atoms with Crippen LogP contribution in [0.3, 0.4) is 0 Å². The lowest BCUT2D eigenvalue weighted by Gasteiger charge is -2.10. The molecule has 0 saturated heterocycles. The SMILES string of the molecule is ClC=C1CCCCC1. The lowest BCUT2D eigenvalue weighted by molar-refractivity contribution is 0.600. The summed E-state index contributed by atoms with van der Waals surface area (Å²) in [6.45, 7) is 0. The van der Waals surface area contributed by atoms with Crippen LogP contribution >= 0.6 is 11.6 Å². The topological polar surface area (TPSA) is 0 Å². The molecule has 1 heteroatoms. The fourth-order valence-corrected chi connectivity index (χ4v) is 1.33. The molecule has 1 aliphatic rings. The zero-order valence-corrected chi connectivity index (χ0v) is 5.75. The van der Waals surface area contributed by atoms with Gasteiger partial charge in [-0.3, -0.25) is 0 Å². The number of hydrogen-bond donors (Lipinski definition) is 0. The molecular formula is C7H11Cl. The standard InChI is InChI=1S/C7H11Cl/c8-6-7-4-2-1-3-5-7/h6H,1-5H2.